The molecule has 0 unspecified atom stereocenters. The summed E-state index contributed by atoms with van der Waals surface area (Å²) in [4.78, 5) is 0. The van der Waals surface area contributed by atoms with Gasteiger partial charge in [-0.05, 0) is 24.1 Å². The molecule has 0 bridgehead atoms. The minimum Gasteiger partial charge on any atom is -0.493 e. The summed E-state index contributed by atoms with van der Waals surface area (Å²) < 4.78 is 10.7. The number of nitrogen functional groups attached to an aromatic ring is 1. The summed E-state index contributed by atoms with van der Waals surface area (Å²) in [5, 5.41) is 6.69. The summed E-state index contributed by atoms with van der Waals surface area (Å²) in [6, 6.07) is 3.85. The Kier molecular flexibility index (Phi) is 3.41. The van der Waals surface area contributed by atoms with Crippen LogP contribution in [0.3, 0.4) is 0 Å². The van der Waals surface area contributed by atoms with Gasteiger partial charge < -0.3 is 15.2 Å². The molecule has 5 nitrogen and oxygen atoms in total. The molecule has 96 valence electrons. The minimum absolute atomic E-state index is 0.553. The maximum absolute atomic E-state index is 5.87. The zero-order valence-corrected chi connectivity index (χ0v) is 10.8. The molecule has 2 rings (SSSR count). The highest BCUT2D eigenvalue weighted by molar-refractivity contribution is 5.78. The average Bonchev–Trinajstić information content (AvgIpc) is 2.82. The Bertz CT molecular complexity index is 549. The van der Waals surface area contributed by atoms with Gasteiger partial charge in [-0.1, -0.05) is 6.92 Å². The summed E-state index contributed by atoms with van der Waals surface area (Å²) in [6.07, 6.45) is 2.54. The zero-order chi connectivity index (χ0) is 13.1. The Labute approximate surface area is 106 Å². The molecule has 2 aromatic rings. The van der Waals surface area contributed by atoms with E-state index >= 15 is 0 Å². The first-order valence-corrected chi connectivity index (χ1v) is 5.76. The van der Waals surface area contributed by atoms with Crippen LogP contribution in [0.5, 0.6) is 11.5 Å². The number of ether oxygens (including phenoxy) is 2. The topological polar surface area (TPSA) is 73.2 Å². The molecule has 0 amide bonds. The van der Waals surface area contributed by atoms with E-state index in [0.29, 0.717) is 5.82 Å². The van der Waals surface area contributed by atoms with Crippen LogP contribution in [0.2, 0.25) is 0 Å². The highest BCUT2D eigenvalue weighted by Gasteiger charge is 2.16. The maximum atomic E-state index is 5.87. The van der Waals surface area contributed by atoms with Crippen LogP contribution in [0.15, 0.2) is 18.3 Å². The average molecular weight is 247 g/mol. The van der Waals surface area contributed by atoms with Gasteiger partial charge in [0.2, 0.25) is 0 Å². The molecule has 0 saturated heterocycles. The van der Waals surface area contributed by atoms with Crippen molar-refractivity contribution in [3.05, 3.63) is 23.9 Å². The number of anilines is 1. The number of nitrogens with two attached hydrogens (primary N) is 1. The lowest BCUT2D eigenvalue weighted by Crippen LogP contribution is -1.98. The number of benzene rings is 1. The number of rotatable bonds is 4. The van der Waals surface area contributed by atoms with Crippen LogP contribution < -0.4 is 15.2 Å². The lowest BCUT2D eigenvalue weighted by molar-refractivity contribution is 0.352. The van der Waals surface area contributed by atoms with E-state index in [1.165, 1.54) is 0 Å². The first-order chi connectivity index (χ1) is 8.72. The molecule has 0 aliphatic heterocycles. The lowest BCUT2D eigenvalue weighted by Gasteiger charge is -2.15. The highest BCUT2D eigenvalue weighted by Crippen LogP contribution is 2.39. The van der Waals surface area contributed by atoms with Crippen molar-refractivity contribution in [1.82, 2.24) is 10.2 Å². The molecule has 0 atom stereocenters. The quantitative estimate of drug-likeness (QED) is 0.869. The Hall–Kier alpha value is -2.17. The molecule has 0 radical (unpaired) electrons. The molecule has 1 aromatic carbocycles. The number of nitrogens with one attached hydrogen (secondary N) is 1. The number of hydrogen-bond acceptors (Lipinski definition) is 4. The summed E-state index contributed by atoms with van der Waals surface area (Å²) in [7, 11) is 3.27. The number of aromatic amines is 1. The minimum atomic E-state index is 0.553. The molecule has 1 heterocycles. The van der Waals surface area contributed by atoms with Gasteiger partial charge in [0.25, 0.3) is 0 Å². The van der Waals surface area contributed by atoms with Crippen molar-refractivity contribution in [2.45, 2.75) is 13.3 Å². The second-order valence-corrected chi connectivity index (χ2v) is 3.88. The van der Waals surface area contributed by atoms with Gasteiger partial charge in [0, 0.05) is 11.1 Å². The van der Waals surface area contributed by atoms with Crippen molar-refractivity contribution >= 4 is 5.82 Å². The van der Waals surface area contributed by atoms with Gasteiger partial charge in [0.15, 0.2) is 11.5 Å². The van der Waals surface area contributed by atoms with E-state index in [4.69, 9.17) is 15.2 Å². The Morgan fingerprint density at radius 3 is 2.50 bits per heavy atom. The molecular formula is C13H17N3O2. The van der Waals surface area contributed by atoms with Crippen molar-refractivity contribution in [1.29, 1.82) is 0 Å². The SMILES string of the molecule is CCc1c(-c2cn[nH]c2N)ccc(OC)c1OC. The molecule has 1 aromatic heterocycles. The first-order valence-electron chi connectivity index (χ1n) is 5.76. The van der Waals surface area contributed by atoms with E-state index in [0.717, 1.165) is 34.6 Å². The van der Waals surface area contributed by atoms with E-state index in [1.807, 2.05) is 12.1 Å². The first kappa shape index (κ1) is 12.3. The molecule has 18 heavy (non-hydrogen) atoms. The monoisotopic (exact) mass is 247 g/mol. The van der Waals surface area contributed by atoms with Crippen LogP contribution in [0.4, 0.5) is 5.82 Å². The second-order valence-electron chi connectivity index (χ2n) is 3.88. The molecular weight excluding hydrogens is 230 g/mol. The van der Waals surface area contributed by atoms with E-state index < -0.39 is 0 Å². The van der Waals surface area contributed by atoms with Crippen LogP contribution in [-0.4, -0.2) is 24.4 Å². The van der Waals surface area contributed by atoms with Crippen molar-refractivity contribution in [3.63, 3.8) is 0 Å². The smallest absolute Gasteiger partial charge is 0.164 e. The van der Waals surface area contributed by atoms with E-state index in [1.54, 1.807) is 20.4 Å². The lowest BCUT2D eigenvalue weighted by atomic mass is 9.98. The summed E-state index contributed by atoms with van der Waals surface area (Å²) >= 11 is 0. The number of methoxy groups -OCH3 is 2. The van der Waals surface area contributed by atoms with Crippen LogP contribution in [-0.2, 0) is 6.42 Å². The Morgan fingerprint density at radius 1 is 1.22 bits per heavy atom. The summed E-state index contributed by atoms with van der Waals surface area (Å²) in [6.45, 7) is 2.07. The highest BCUT2D eigenvalue weighted by atomic mass is 16.5. The van der Waals surface area contributed by atoms with Crippen molar-refractivity contribution in [2.24, 2.45) is 0 Å². The maximum Gasteiger partial charge on any atom is 0.164 e. The van der Waals surface area contributed by atoms with Crippen LogP contribution in [0, 0.1) is 0 Å². The van der Waals surface area contributed by atoms with Crippen LogP contribution in [0.1, 0.15) is 12.5 Å². The van der Waals surface area contributed by atoms with Gasteiger partial charge in [0.1, 0.15) is 5.82 Å². The molecule has 0 aliphatic carbocycles. The van der Waals surface area contributed by atoms with E-state index in [-0.39, 0.29) is 0 Å². The molecule has 0 aliphatic rings. The third-order valence-corrected chi connectivity index (χ3v) is 2.96. The van der Waals surface area contributed by atoms with Crippen LogP contribution in [0.25, 0.3) is 11.1 Å². The Morgan fingerprint density at radius 2 is 2.00 bits per heavy atom. The fourth-order valence-electron chi connectivity index (χ4n) is 2.10. The van der Waals surface area contributed by atoms with Gasteiger partial charge in [-0.3, -0.25) is 5.10 Å². The van der Waals surface area contributed by atoms with E-state index in [2.05, 4.69) is 17.1 Å². The third kappa shape index (κ3) is 1.88. The fourth-order valence-corrected chi connectivity index (χ4v) is 2.10. The van der Waals surface area contributed by atoms with Crippen molar-refractivity contribution in [3.8, 4) is 22.6 Å². The zero-order valence-electron chi connectivity index (χ0n) is 10.8. The standard InChI is InChI=1S/C13H17N3O2/c1-4-8-9(10-7-15-16-13(10)14)5-6-11(17-2)12(8)18-3/h5-7H,4H2,1-3H3,(H3,14,15,16). The van der Waals surface area contributed by atoms with Crippen molar-refractivity contribution < 1.29 is 9.47 Å². The molecule has 3 N–H and O–H groups in total. The number of hydrogen-bond donors (Lipinski definition) is 2. The van der Waals surface area contributed by atoms with Crippen LogP contribution >= 0.6 is 0 Å². The molecule has 0 spiro atoms. The summed E-state index contributed by atoms with van der Waals surface area (Å²) in [5.41, 5.74) is 8.83. The predicted molar refractivity (Wildman–Crippen MR) is 70.9 cm³/mol. The Balaban J connectivity index is 2.66. The third-order valence-electron chi connectivity index (χ3n) is 2.96. The van der Waals surface area contributed by atoms with E-state index in [9.17, 15) is 0 Å². The van der Waals surface area contributed by atoms with Gasteiger partial charge in [-0.2, -0.15) is 5.10 Å². The molecule has 0 fully saturated rings. The second kappa shape index (κ2) is 5.00. The number of nitrogens with zero attached hydrogens (tertiary/aromatic N) is 1. The largest absolute Gasteiger partial charge is 0.493 e. The predicted octanol–water partition coefficient (Wildman–Crippen LogP) is 2.24. The van der Waals surface area contributed by atoms with Crippen molar-refractivity contribution in [2.75, 3.05) is 20.0 Å². The van der Waals surface area contributed by atoms with Gasteiger partial charge in [-0.15, -0.1) is 0 Å². The fraction of sp³-hybridized carbons (Fsp3) is 0.308. The molecule has 0 saturated carbocycles. The van der Waals surface area contributed by atoms with Gasteiger partial charge in [-0.25, -0.2) is 0 Å². The van der Waals surface area contributed by atoms with Gasteiger partial charge >= 0.3 is 0 Å². The normalized spacial score (nSPS) is 10.4. The number of H-pyrrole nitrogens is 1. The number of aromatic nitrogens is 2. The summed E-state index contributed by atoms with van der Waals surface area (Å²) in [5.74, 6) is 2.02. The van der Waals surface area contributed by atoms with Gasteiger partial charge in [0.05, 0.1) is 20.4 Å². The molecule has 5 heteroatoms.